The van der Waals surface area contributed by atoms with Gasteiger partial charge in [0.25, 0.3) is 0 Å². The maximum atomic E-state index is 14.0. The van der Waals surface area contributed by atoms with E-state index in [2.05, 4.69) is 6.58 Å². The van der Waals surface area contributed by atoms with E-state index in [9.17, 15) is 24.3 Å². The third-order valence-corrected chi connectivity index (χ3v) is 9.88. The number of carbonyl (C=O) groups is 4. The van der Waals surface area contributed by atoms with Crippen molar-refractivity contribution in [2.24, 2.45) is 23.7 Å². The molecule has 0 aliphatic carbocycles. The predicted molar refractivity (Wildman–Crippen MR) is 158 cm³/mol. The molecule has 44 heavy (non-hydrogen) atoms. The van der Waals surface area contributed by atoms with Crippen molar-refractivity contribution < 1.29 is 52.7 Å². The second-order valence-corrected chi connectivity index (χ2v) is 13.4. The molecule has 3 aliphatic heterocycles. The molecule has 0 spiro atoms. The van der Waals surface area contributed by atoms with Crippen LogP contribution in [0.25, 0.3) is 0 Å². The van der Waals surface area contributed by atoms with Crippen LogP contribution >= 0.6 is 0 Å². The Balaban J connectivity index is 2.17. The highest BCUT2D eigenvalue weighted by Gasteiger charge is 2.64. The summed E-state index contributed by atoms with van der Waals surface area (Å²) in [5, 5.41) is 11.9. The average Bonchev–Trinajstić information content (AvgIpc) is 3.14. The minimum Gasteiger partial charge on any atom is -0.455 e. The summed E-state index contributed by atoms with van der Waals surface area (Å²) < 4.78 is 36.5. The maximum Gasteiger partial charge on any atom is 0.316 e. The molecular weight excluding hydrogens is 574 g/mol. The zero-order chi connectivity index (χ0) is 33.5. The summed E-state index contributed by atoms with van der Waals surface area (Å²) >= 11 is 0. The Morgan fingerprint density at radius 2 is 1.73 bits per heavy atom. The van der Waals surface area contributed by atoms with E-state index < -0.39 is 88.8 Å². The Bertz CT molecular complexity index is 1130. The van der Waals surface area contributed by atoms with Crippen LogP contribution in [0.3, 0.4) is 0 Å². The van der Waals surface area contributed by atoms with Gasteiger partial charge in [-0.25, -0.2) is 0 Å². The van der Waals surface area contributed by atoms with E-state index in [-0.39, 0.29) is 18.6 Å². The molecule has 1 unspecified atom stereocenters. The van der Waals surface area contributed by atoms with Crippen LogP contribution in [0.4, 0.5) is 0 Å². The first-order valence-corrected chi connectivity index (χ1v) is 15.3. The standard InChI is InChI=1S/C32H51NO11/c1-13-23-31(9)26(36)20(6)32(38,44-31)16(2)15-30(8,39-12)27(18(4)24(35)19(5)28(37)42-23)43-29-25(41-21(7)34)22(33(10)11)14-17(3)40-29/h13,16-20,22-23,25,27,29,38H,1,14-15H2,2-12H3/t16-,17-,18+,19-,20-,22+,23-,25-,27-,29+,30-,31-,32?/m1/s1. The predicted octanol–water partition coefficient (Wildman–Crippen LogP) is 2.44. The van der Waals surface area contributed by atoms with Crippen LogP contribution in [0, 0.1) is 23.7 Å². The van der Waals surface area contributed by atoms with Gasteiger partial charge in [0.05, 0.1) is 29.8 Å². The van der Waals surface area contributed by atoms with Crippen LogP contribution in [0.5, 0.6) is 0 Å². The van der Waals surface area contributed by atoms with E-state index in [0.29, 0.717) is 6.42 Å². The van der Waals surface area contributed by atoms with Crippen LogP contribution in [0.2, 0.25) is 0 Å². The Kier molecular flexibility index (Phi) is 10.9. The van der Waals surface area contributed by atoms with E-state index in [0.717, 1.165) is 0 Å². The van der Waals surface area contributed by atoms with E-state index in [4.69, 9.17) is 28.4 Å². The monoisotopic (exact) mass is 625 g/mol. The molecule has 0 aromatic carbocycles. The number of likely N-dealkylation sites (N-methyl/N-ethyl adjacent to an activating group) is 1. The lowest BCUT2D eigenvalue weighted by atomic mass is 9.74. The summed E-state index contributed by atoms with van der Waals surface area (Å²) in [4.78, 5) is 55.0. The Morgan fingerprint density at radius 1 is 1.11 bits per heavy atom. The van der Waals surface area contributed by atoms with Crippen molar-refractivity contribution in [3.63, 3.8) is 0 Å². The summed E-state index contributed by atoms with van der Waals surface area (Å²) in [5.74, 6) is -8.32. The van der Waals surface area contributed by atoms with Crippen molar-refractivity contribution in [2.75, 3.05) is 21.2 Å². The van der Waals surface area contributed by atoms with Gasteiger partial charge in [-0.1, -0.05) is 27.4 Å². The highest BCUT2D eigenvalue weighted by Crippen LogP contribution is 2.48. The number of aliphatic hydroxyl groups is 1. The lowest BCUT2D eigenvalue weighted by Gasteiger charge is -2.48. The number of nitrogens with zero attached hydrogens (tertiary/aromatic N) is 1. The third kappa shape index (κ3) is 6.52. The largest absolute Gasteiger partial charge is 0.455 e. The third-order valence-electron chi connectivity index (χ3n) is 9.88. The molecule has 3 rings (SSSR count). The fraction of sp³-hybridized carbons (Fsp3) is 0.812. The number of fused-ring (bicyclic) bond motifs is 2. The number of hydrogen-bond donors (Lipinski definition) is 1. The zero-order valence-corrected chi connectivity index (χ0v) is 27.9. The molecule has 250 valence electrons. The molecule has 3 saturated heterocycles. The van der Waals surface area contributed by atoms with Crippen molar-refractivity contribution in [3.8, 4) is 0 Å². The number of carbonyl (C=O) groups excluding carboxylic acids is 4. The number of rotatable bonds is 6. The van der Waals surface area contributed by atoms with E-state index in [1.807, 2.05) is 25.9 Å². The van der Waals surface area contributed by atoms with E-state index >= 15 is 0 Å². The number of hydrogen-bond acceptors (Lipinski definition) is 12. The maximum absolute atomic E-state index is 14.0. The van der Waals surface area contributed by atoms with Crippen molar-refractivity contribution in [1.29, 1.82) is 0 Å². The highest BCUT2D eigenvalue weighted by molar-refractivity contribution is 6.00. The van der Waals surface area contributed by atoms with Gasteiger partial charge in [-0.3, -0.25) is 19.2 Å². The summed E-state index contributed by atoms with van der Waals surface area (Å²) in [7, 11) is 5.19. The van der Waals surface area contributed by atoms with Gasteiger partial charge >= 0.3 is 11.9 Å². The second-order valence-electron chi connectivity index (χ2n) is 13.4. The minimum atomic E-state index is -1.98. The molecule has 1 N–H and O–H groups in total. The van der Waals surface area contributed by atoms with Gasteiger partial charge in [-0.05, 0) is 60.7 Å². The minimum absolute atomic E-state index is 0.0650. The SMILES string of the molecule is C=C[C@H]1OC(=O)[C@H](C)C(=O)[C@H](C)[C@@H](O[C@@H]2O[C@H](C)C[C@H](N(C)C)[C@H]2OC(C)=O)[C@](C)(OC)C[C@@H](C)C2(O)O[C@@]1(C)C(=O)[C@H]2C. The topological polar surface area (TPSA) is 147 Å². The van der Waals surface area contributed by atoms with Crippen LogP contribution in [0.15, 0.2) is 12.7 Å². The van der Waals surface area contributed by atoms with Crippen LogP contribution < -0.4 is 0 Å². The number of ether oxygens (including phenoxy) is 6. The molecule has 0 saturated carbocycles. The Morgan fingerprint density at radius 3 is 2.25 bits per heavy atom. The normalized spacial score (nSPS) is 45.6. The molecule has 0 aromatic rings. The van der Waals surface area contributed by atoms with Crippen molar-refractivity contribution >= 4 is 23.5 Å². The Labute approximate surface area is 260 Å². The lowest BCUT2D eigenvalue weighted by Crippen LogP contribution is -2.60. The smallest absolute Gasteiger partial charge is 0.316 e. The van der Waals surface area contributed by atoms with Crippen LogP contribution in [-0.2, 0) is 47.6 Å². The molecule has 2 bridgehead atoms. The molecule has 13 atom stereocenters. The quantitative estimate of drug-likeness (QED) is 0.263. The van der Waals surface area contributed by atoms with Gasteiger partial charge in [0, 0.05) is 25.9 Å². The summed E-state index contributed by atoms with van der Waals surface area (Å²) in [5.41, 5.74) is -3.05. The Hall–Kier alpha value is -2.22. The first kappa shape index (κ1) is 36.3. The number of cyclic esters (lactones) is 1. The van der Waals surface area contributed by atoms with Gasteiger partial charge in [0.1, 0.15) is 5.92 Å². The second kappa shape index (κ2) is 13.3. The molecule has 3 aliphatic rings. The molecule has 3 heterocycles. The van der Waals surface area contributed by atoms with Crippen molar-refractivity contribution in [3.05, 3.63) is 12.7 Å². The van der Waals surface area contributed by atoms with Gasteiger partial charge < -0.3 is 38.4 Å². The molecule has 0 aromatic heterocycles. The summed E-state index contributed by atoms with van der Waals surface area (Å²) in [6.07, 6.45) is -2.67. The van der Waals surface area contributed by atoms with Gasteiger partial charge in [0.15, 0.2) is 41.5 Å². The van der Waals surface area contributed by atoms with Crippen LogP contribution in [-0.4, -0.2) is 108 Å². The average molecular weight is 626 g/mol. The van der Waals surface area contributed by atoms with Gasteiger partial charge in [-0.15, -0.1) is 0 Å². The van der Waals surface area contributed by atoms with E-state index in [1.165, 1.54) is 34.0 Å². The van der Waals surface area contributed by atoms with Gasteiger partial charge in [-0.2, -0.15) is 0 Å². The first-order valence-electron chi connectivity index (χ1n) is 15.3. The fourth-order valence-electron chi connectivity index (χ4n) is 7.06. The van der Waals surface area contributed by atoms with Crippen LogP contribution in [0.1, 0.15) is 68.2 Å². The zero-order valence-electron chi connectivity index (χ0n) is 27.9. The molecule has 0 radical (unpaired) electrons. The number of methoxy groups -OCH3 is 1. The fourth-order valence-corrected chi connectivity index (χ4v) is 7.06. The van der Waals surface area contributed by atoms with E-state index in [1.54, 1.807) is 27.7 Å². The molecule has 12 nitrogen and oxygen atoms in total. The summed E-state index contributed by atoms with van der Waals surface area (Å²) in [6.45, 7) is 16.4. The molecule has 0 amide bonds. The summed E-state index contributed by atoms with van der Waals surface area (Å²) in [6, 6.07) is -0.261. The first-order chi connectivity index (χ1) is 20.3. The molecule has 3 fully saturated rings. The number of ketones is 2. The number of Topliss-reactive ketones (excluding diaryl/α,β-unsaturated/α-hetero) is 2. The highest BCUT2D eigenvalue weighted by atomic mass is 16.7. The van der Waals surface area contributed by atoms with Gasteiger partial charge in [0.2, 0.25) is 0 Å². The molecule has 12 heteroatoms. The van der Waals surface area contributed by atoms with Crippen molar-refractivity contribution in [1.82, 2.24) is 4.90 Å². The lowest BCUT2D eigenvalue weighted by molar-refractivity contribution is -0.306. The van der Waals surface area contributed by atoms with Crippen molar-refractivity contribution in [2.45, 2.75) is 122 Å². The number of esters is 2. The molecular formula is C32H51NO11.